The van der Waals surface area contributed by atoms with Crippen LogP contribution in [0.25, 0.3) is 43.4 Å². The van der Waals surface area contributed by atoms with Crippen molar-refractivity contribution in [3.05, 3.63) is 145 Å². The Kier molecular flexibility index (Phi) is 5.07. The minimum absolute atomic E-state index is 0.328. The zero-order valence-electron chi connectivity index (χ0n) is 22.1. The average molecular weight is 515 g/mol. The number of fused-ring (bicyclic) bond motifs is 7. The molecule has 0 aliphatic carbocycles. The van der Waals surface area contributed by atoms with Gasteiger partial charge in [0.2, 0.25) is 6.29 Å². The third kappa shape index (κ3) is 3.39. The van der Waals surface area contributed by atoms with E-state index < -0.39 is 0 Å². The van der Waals surface area contributed by atoms with Gasteiger partial charge in [-0.3, -0.25) is 0 Å². The highest BCUT2D eigenvalue weighted by molar-refractivity contribution is 6.28. The molecule has 0 saturated heterocycles. The molecule has 40 heavy (non-hydrogen) atoms. The Hall–Kier alpha value is -5.22. The highest BCUT2D eigenvalue weighted by Crippen LogP contribution is 2.41. The Morgan fingerprint density at radius 1 is 0.525 bits per heavy atom. The molecular weight excluding hydrogens is 488 g/mol. The molecule has 190 valence electrons. The summed E-state index contributed by atoms with van der Waals surface area (Å²) < 4.78 is 2.39. The van der Waals surface area contributed by atoms with Crippen LogP contribution < -0.4 is 0 Å². The van der Waals surface area contributed by atoms with E-state index in [4.69, 9.17) is 9.98 Å². The molecule has 0 amide bonds. The van der Waals surface area contributed by atoms with Gasteiger partial charge in [-0.1, -0.05) is 121 Å². The molecule has 1 aliphatic rings. The molecular formula is C36H26N4. The van der Waals surface area contributed by atoms with Crippen LogP contribution in [0.4, 0.5) is 0 Å². The number of rotatable bonds is 3. The molecule has 0 saturated carbocycles. The summed E-state index contributed by atoms with van der Waals surface area (Å²) in [7, 11) is 2.10. The fraction of sp³-hybridized carbons (Fsp3) is 0.0556. The molecule has 0 radical (unpaired) electrons. The number of hydrogen-bond acceptors (Lipinski definition) is 3. The van der Waals surface area contributed by atoms with E-state index in [-0.39, 0.29) is 6.29 Å². The van der Waals surface area contributed by atoms with E-state index in [1.54, 1.807) is 0 Å². The van der Waals surface area contributed by atoms with E-state index in [2.05, 4.69) is 126 Å². The summed E-state index contributed by atoms with van der Waals surface area (Å²) in [6, 6.07) is 47.0. The number of aliphatic imine (C=N–C) groups is 2. The van der Waals surface area contributed by atoms with Crippen LogP contribution in [-0.4, -0.2) is 28.2 Å². The minimum atomic E-state index is -0.328. The van der Waals surface area contributed by atoms with Crippen LogP contribution >= 0.6 is 0 Å². The standard InChI is InChI=1S/C36H26N4/c1-39-35(27-16-6-3-7-17-27)37-34(26-14-4-2-5-15-26)38-36(39)40-30-22-20-24-12-8-10-18-28(24)32(30)33-29-19-11-9-13-25(29)21-23-31(33)40/h2-23,36H,1H3. The Morgan fingerprint density at radius 3 is 1.60 bits per heavy atom. The van der Waals surface area contributed by atoms with Crippen LogP contribution in [0.2, 0.25) is 0 Å². The maximum atomic E-state index is 5.33. The second-order valence-corrected chi connectivity index (χ2v) is 10.3. The lowest BCUT2D eigenvalue weighted by Crippen LogP contribution is -2.38. The largest absolute Gasteiger partial charge is 0.320 e. The lowest BCUT2D eigenvalue weighted by atomic mass is 10.00. The van der Waals surface area contributed by atoms with Gasteiger partial charge >= 0.3 is 0 Å². The van der Waals surface area contributed by atoms with Gasteiger partial charge in [0.05, 0.1) is 11.0 Å². The zero-order valence-corrected chi connectivity index (χ0v) is 22.1. The Balaban J connectivity index is 1.48. The summed E-state index contributed by atoms with van der Waals surface area (Å²) in [6.07, 6.45) is -0.328. The van der Waals surface area contributed by atoms with E-state index in [0.29, 0.717) is 0 Å². The maximum absolute atomic E-state index is 5.33. The van der Waals surface area contributed by atoms with Crippen molar-refractivity contribution in [3.8, 4) is 0 Å². The van der Waals surface area contributed by atoms with Crippen molar-refractivity contribution >= 4 is 55.0 Å². The first-order valence-corrected chi connectivity index (χ1v) is 13.6. The first-order chi connectivity index (χ1) is 19.8. The number of amidine groups is 2. The van der Waals surface area contributed by atoms with Gasteiger partial charge < -0.3 is 9.47 Å². The van der Waals surface area contributed by atoms with Gasteiger partial charge in [0.25, 0.3) is 0 Å². The summed E-state index contributed by atoms with van der Waals surface area (Å²) >= 11 is 0. The molecule has 8 rings (SSSR count). The molecule has 6 aromatic carbocycles. The molecule has 1 atom stereocenters. The molecule has 1 aromatic heterocycles. The molecule has 4 nitrogen and oxygen atoms in total. The third-order valence-corrected chi connectivity index (χ3v) is 8.01. The number of hydrogen-bond donors (Lipinski definition) is 0. The minimum Gasteiger partial charge on any atom is -0.320 e. The zero-order chi connectivity index (χ0) is 26.6. The lowest BCUT2D eigenvalue weighted by molar-refractivity contribution is 0.297. The second kappa shape index (κ2) is 8.92. The van der Waals surface area contributed by atoms with E-state index in [1.165, 1.54) is 32.3 Å². The summed E-state index contributed by atoms with van der Waals surface area (Å²) in [5, 5.41) is 7.50. The van der Waals surface area contributed by atoms with Gasteiger partial charge in [-0.05, 0) is 33.7 Å². The normalized spacial score (nSPS) is 15.6. The van der Waals surface area contributed by atoms with E-state index in [0.717, 1.165) is 33.8 Å². The number of nitrogens with zero attached hydrogens (tertiary/aromatic N) is 4. The van der Waals surface area contributed by atoms with Crippen LogP contribution in [0, 0.1) is 0 Å². The highest BCUT2D eigenvalue weighted by Gasteiger charge is 2.30. The van der Waals surface area contributed by atoms with Crippen molar-refractivity contribution in [1.82, 2.24) is 9.47 Å². The van der Waals surface area contributed by atoms with Crippen molar-refractivity contribution in [2.45, 2.75) is 6.29 Å². The number of aromatic nitrogens is 1. The van der Waals surface area contributed by atoms with Gasteiger partial charge in [0.15, 0.2) is 5.84 Å². The summed E-state index contributed by atoms with van der Waals surface area (Å²) in [5.74, 6) is 1.63. The monoisotopic (exact) mass is 514 g/mol. The summed E-state index contributed by atoms with van der Waals surface area (Å²) in [4.78, 5) is 12.6. The molecule has 7 aromatic rings. The van der Waals surface area contributed by atoms with Crippen LogP contribution in [0.5, 0.6) is 0 Å². The fourth-order valence-corrected chi connectivity index (χ4v) is 6.15. The van der Waals surface area contributed by atoms with Crippen LogP contribution in [0.3, 0.4) is 0 Å². The summed E-state index contributed by atoms with van der Waals surface area (Å²) in [6.45, 7) is 0. The Bertz CT molecular complexity index is 2030. The fourth-order valence-electron chi connectivity index (χ4n) is 6.15. The number of benzene rings is 6. The molecule has 0 bridgehead atoms. The van der Waals surface area contributed by atoms with E-state index >= 15 is 0 Å². The third-order valence-electron chi connectivity index (χ3n) is 8.01. The van der Waals surface area contributed by atoms with E-state index in [9.17, 15) is 0 Å². The van der Waals surface area contributed by atoms with E-state index in [1.807, 2.05) is 24.3 Å². The molecule has 2 heterocycles. The van der Waals surface area contributed by atoms with Gasteiger partial charge in [-0.15, -0.1) is 0 Å². The topological polar surface area (TPSA) is 32.9 Å². The molecule has 0 N–H and O–H groups in total. The van der Waals surface area contributed by atoms with Crippen LogP contribution in [0.15, 0.2) is 143 Å². The second-order valence-electron chi connectivity index (χ2n) is 10.3. The first kappa shape index (κ1) is 22.7. The van der Waals surface area contributed by atoms with Crippen molar-refractivity contribution in [1.29, 1.82) is 0 Å². The van der Waals surface area contributed by atoms with Crippen molar-refractivity contribution in [3.63, 3.8) is 0 Å². The van der Waals surface area contributed by atoms with Gasteiger partial charge in [-0.2, -0.15) is 0 Å². The molecule has 0 fully saturated rings. The van der Waals surface area contributed by atoms with Crippen LogP contribution in [-0.2, 0) is 0 Å². The Labute approximate surface area is 232 Å². The predicted molar refractivity (Wildman–Crippen MR) is 167 cm³/mol. The highest BCUT2D eigenvalue weighted by atomic mass is 15.4. The van der Waals surface area contributed by atoms with Crippen molar-refractivity contribution in [2.75, 3.05) is 7.05 Å². The Morgan fingerprint density at radius 2 is 1.02 bits per heavy atom. The molecule has 0 spiro atoms. The first-order valence-electron chi connectivity index (χ1n) is 13.6. The van der Waals surface area contributed by atoms with Gasteiger partial charge in [-0.25, -0.2) is 9.98 Å². The summed E-state index contributed by atoms with van der Waals surface area (Å²) in [5.41, 5.74) is 4.39. The SMILES string of the molecule is CN1C(c2ccccc2)=NC(c2ccccc2)=NC1n1c2ccc3ccccc3c2c2c3ccccc3ccc21. The smallest absolute Gasteiger partial charge is 0.206 e. The van der Waals surface area contributed by atoms with Gasteiger partial charge in [0, 0.05) is 28.9 Å². The molecule has 4 heteroatoms. The quantitative estimate of drug-likeness (QED) is 0.233. The van der Waals surface area contributed by atoms with Crippen LogP contribution in [0.1, 0.15) is 17.4 Å². The van der Waals surface area contributed by atoms with Crippen molar-refractivity contribution in [2.24, 2.45) is 9.98 Å². The lowest BCUT2D eigenvalue weighted by Gasteiger charge is -2.34. The molecule has 1 unspecified atom stereocenters. The predicted octanol–water partition coefficient (Wildman–Crippen LogP) is 8.40. The van der Waals surface area contributed by atoms with Gasteiger partial charge in [0.1, 0.15) is 5.84 Å². The van der Waals surface area contributed by atoms with Crippen molar-refractivity contribution < 1.29 is 0 Å². The molecule has 1 aliphatic heterocycles. The maximum Gasteiger partial charge on any atom is 0.206 e. The average Bonchev–Trinajstić information content (AvgIpc) is 3.37.